The minimum Gasteiger partial charge on any atom is -0.460 e. The molecular weight excluding hydrogens is 1570 g/mol. The Kier molecular flexibility index (Phi) is 31.1. The molecule has 35 nitrogen and oxygen atoms in total. The molecule has 2 bridgehead atoms. The van der Waals surface area contributed by atoms with Crippen molar-refractivity contribution < 1.29 is 76.6 Å². The predicted octanol–water partition coefficient (Wildman–Crippen LogP) is 8.07. The van der Waals surface area contributed by atoms with Gasteiger partial charge in [-0.15, -0.1) is 5.10 Å². The van der Waals surface area contributed by atoms with Gasteiger partial charge >= 0.3 is 5.97 Å². The van der Waals surface area contributed by atoms with E-state index in [0.717, 1.165) is 17.6 Å². The Bertz CT molecular complexity index is 4910. The van der Waals surface area contributed by atoms with Crippen LogP contribution in [0.15, 0.2) is 108 Å². The average molecular weight is 1690 g/mol. The molecule has 1 unspecified atom stereocenters. The summed E-state index contributed by atoms with van der Waals surface area (Å²) in [7, 11) is 4.61. The predicted molar refractivity (Wildman–Crippen MR) is 453 cm³/mol. The number of hydrogen-bond acceptors (Lipinski definition) is 30. The summed E-state index contributed by atoms with van der Waals surface area (Å²) >= 11 is 0. The number of carbonyl (C=O) groups is 7. The number of nitrogen functional groups attached to an aromatic ring is 2. The van der Waals surface area contributed by atoms with Gasteiger partial charge in [0.15, 0.2) is 17.0 Å². The number of nitrogens with zero attached hydrogens (tertiary/aromatic N) is 15. The van der Waals surface area contributed by atoms with Crippen LogP contribution in [0.25, 0.3) is 44.6 Å². The van der Waals surface area contributed by atoms with E-state index >= 15 is 0 Å². The molecule has 0 spiro atoms. The Morgan fingerprint density at radius 2 is 1.52 bits per heavy atom. The Morgan fingerprint density at radius 1 is 0.779 bits per heavy atom. The molecule has 12 rings (SSSR count). The maximum atomic E-state index is 14.9. The highest BCUT2D eigenvalue weighted by Gasteiger charge is 2.53. The van der Waals surface area contributed by atoms with Crippen LogP contribution in [0.1, 0.15) is 161 Å². The molecular formula is C87H117N19O16. The Labute approximate surface area is 709 Å². The fraction of sp³-hybridized carbons (Fsp3) is 0.575. The lowest BCUT2D eigenvalue weighted by Gasteiger charge is -2.42. The molecule has 656 valence electrons. The molecule has 1 saturated carbocycles. The number of aromatic nitrogens is 12. The number of rotatable bonds is 23. The highest BCUT2D eigenvalue weighted by atomic mass is 16.6. The number of anilines is 4. The molecule has 5 aliphatic rings. The van der Waals surface area contributed by atoms with Crippen LogP contribution >= 0.6 is 0 Å². The van der Waals surface area contributed by atoms with E-state index in [1.165, 1.54) is 30.7 Å². The summed E-state index contributed by atoms with van der Waals surface area (Å²) in [4.78, 5) is 135. The number of cyclic esters (lactones) is 1. The lowest BCUT2D eigenvalue weighted by Crippen LogP contribution is -2.61. The molecule has 0 radical (unpaired) electrons. The van der Waals surface area contributed by atoms with E-state index in [1.807, 2.05) is 86.0 Å². The minimum absolute atomic E-state index is 0.0175. The largest absolute Gasteiger partial charge is 0.460 e. The van der Waals surface area contributed by atoms with Crippen LogP contribution in [-0.2, 0) is 63.7 Å². The maximum absolute atomic E-state index is 14.9. The molecule has 15 atom stereocenters. The molecule has 3 amide bonds. The van der Waals surface area contributed by atoms with Crippen molar-refractivity contribution in [1.82, 2.24) is 75.2 Å². The molecule has 4 fully saturated rings. The lowest BCUT2D eigenvalue weighted by molar-refractivity contribution is -0.265. The molecule has 7 aromatic rings. The topological polar surface area (TPSA) is 453 Å². The summed E-state index contributed by atoms with van der Waals surface area (Å²) in [6, 6.07) is 4.13. The van der Waals surface area contributed by atoms with Gasteiger partial charge in [0.2, 0.25) is 23.6 Å². The number of ketones is 3. The SMILES string of the molecule is CO[C@H]1C[C@@H]2CC[C@@H](C)[C@@](O)(O2)C(=O)C(=O)N2CCCC[C@H]2C(=O)OC([C@H](C)C[C@@H]2CC[C@H](n3cc(-c4cnc(N5CCN(c6ncc(C(=O)NCCOCCC(=O)NCCCCn7nc(-c8ccc9oc(N)nc9c8)c8c(N)ncnc87)cn6)CC5)nc4)nn3)[C@H](OC)C2)CC(=O)[C@H](C)/C=C(\C)[C@@H](O)[C@@H](OC)C(=O)[C@H](C)C[C@H](C)/C=C/C=C/C=C/1C. The summed E-state index contributed by atoms with van der Waals surface area (Å²) in [5.41, 5.74) is 17.9. The third kappa shape index (κ3) is 22.2. The van der Waals surface area contributed by atoms with Gasteiger partial charge in [-0.05, 0) is 138 Å². The quantitative estimate of drug-likeness (QED) is 0.0152. The first kappa shape index (κ1) is 90.5. The average Bonchev–Trinajstić information content (AvgIpc) is 1.14. The lowest BCUT2D eigenvalue weighted by atomic mass is 9.77. The number of aliphatic hydroxyl groups is 2. The number of unbranched alkanes of at least 4 members (excludes halogenated alkanes) is 1. The molecule has 1 aromatic carbocycles. The van der Waals surface area contributed by atoms with E-state index in [9.17, 15) is 43.8 Å². The van der Waals surface area contributed by atoms with Gasteiger partial charge in [0.25, 0.3) is 23.6 Å². The van der Waals surface area contributed by atoms with Crippen molar-refractivity contribution in [3.05, 3.63) is 109 Å². The Hall–Kier alpha value is -10.7. The fourth-order valence-corrected chi connectivity index (χ4v) is 17.1. The number of esters is 1. The number of amides is 3. The highest BCUT2D eigenvalue weighted by Crippen LogP contribution is 2.41. The van der Waals surface area contributed by atoms with Crippen molar-refractivity contribution in [2.24, 2.45) is 35.5 Å². The molecule has 3 saturated heterocycles. The number of allylic oxidation sites excluding steroid dienone is 6. The summed E-state index contributed by atoms with van der Waals surface area (Å²) in [5, 5.41) is 44.2. The number of piperidine rings is 1. The summed E-state index contributed by atoms with van der Waals surface area (Å²) < 4.78 is 45.2. The molecule has 122 heavy (non-hydrogen) atoms. The number of nitrogens with two attached hydrogens (primary N) is 2. The van der Waals surface area contributed by atoms with Gasteiger partial charge in [-0.2, -0.15) is 10.1 Å². The number of oxazole rings is 1. The molecule has 35 heteroatoms. The van der Waals surface area contributed by atoms with E-state index in [-0.39, 0.29) is 105 Å². The summed E-state index contributed by atoms with van der Waals surface area (Å²) in [5.74, 6) is -7.67. The van der Waals surface area contributed by atoms with Gasteiger partial charge < -0.3 is 79.9 Å². The van der Waals surface area contributed by atoms with Crippen molar-refractivity contribution in [2.45, 2.75) is 206 Å². The van der Waals surface area contributed by atoms with Gasteiger partial charge in [-0.25, -0.2) is 44.1 Å². The van der Waals surface area contributed by atoms with E-state index in [2.05, 4.69) is 50.8 Å². The number of aliphatic hydroxyl groups excluding tert-OH is 1. The van der Waals surface area contributed by atoms with Crippen molar-refractivity contribution in [3.63, 3.8) is 0 Å². The van der Waals surface area contributed by atoms with Gasteiger partial charge in [-0.1, -0.05) is 76.3 Å². The number of hydrogen-bond donors (Lipinski definition) is 6. The minimum atomic E-state index is -2.48. The monoisotopic (exact) mass is 1680 g/mol. The zero-order chi connectivity index (χ0) is 86.9. The number of aryl methyl sites for hydroxylation is 1. The van der Waals surface area contributed by atoms with E-state index in [0.29, 0.717) is 171 Å². The van der Waals surface area contributed by atoms with Crippen LogP contribution in [0.3, 0.4) is 0 Å². The van der Waals surface area contributed by atoms with Crippen LogP contribution < -0.4 is 31.9 Å². The maximum Gasteiger partial charge on any atom is 0.329 e. The number of ether oxygens (including phenoxy) is 6. The standard InChI is InChI=1S/C87H117N19O16/c1-51-18-12-11-13-19-52(2)69(116-8)43-62-24-21-57(7)87(115,122-62)78(111)82(113)104-30-16-14-20-66(104)83(114)120-70(44-67(107)53(3)39-56(6)76(110)77(118-10)75(109)55(5)38-51)54(4)40-58-22-25-65(71(41-58)117-9)106-49-64(99-101-106)60-45-92-85(93-46-60)102-32-34-103(35-33-102)86-94-47-61(48-95-86)81(112)91-29-37-119-36-27-72(108)90-28-15-17-31-105-80-73(79(88)96-50-97-80)74(100-105)59-23-26-68-63(42-59)98-84(89)121-68/h11-13,18-19,23,26,39,42,45-51,53-55,57-58,62,65-66,69-71,76-77,110,115H,14-17,20-22,24-25,27-38,40-41,43-44H2,1-10H3,(H2,89,98)(H,90,108)(H,91,112)(H2,88,96,97)/b13-11+,18-12+,52-19+,56-39+/t51-,53-,54-,55-,57-,58+,62+,65+,66+,69+,70?,71-,76-,77+,87-/m1/s1. The fourth-order valence-electron chi connectivity index (χ4n) is 17.1. The molecule has 1 aliphatic carbocycles. The van der Waals surface area contributed by atoms with Crippen LogP contribution in [-0.4, -0.2) is 245 Å². The van der Waals surface area contributed by atoms with Crippen molar-refractivity contribution in [3.8, 4) is 22.5 Å². The van der Waals surface area contributed by atoms with Crippen molar-refractivity contribution in [2.75, 3.05) is 102 Å². The van der Waals surface area contributed by atoms with Crippen LogP contribution in [0.2, 0.25) is 0 Å². The number of nitrogens with one attached hydrogen (secondary N) is 2. The Balaban J connectivity index is 0.602. The second-order valence-electron chi connectivity index (χ2n) is 33.1. The number of fused-ring (bicyclic) bond motifs is 5. The smallest absolute Gasteiger partial charge is 0.329 e. The molecule has 6 aromatic heterocycles. The number of benzene rings is 1. The van der Waals surface area contributed by atoms with Gasteiger partial charge in [0.1, 0.15) is 59.2 Å². The van der Waals surface area contributed by atoms with Crippen LogP contribution in [0.5, 0.6) is 0 Å². The van der Waals surface area contributed by atoms with Crippen molar-refractivity contribution in [1.29, 1.82) is 0 Å². The third-order valence-corrected chi connectivity index (χ3v) is 24.4. The van der Waals surface area contributed by atoms with Crippen molar-refractivity contribution >= 4 is 86.9 Å². The van der Waals surface area contributed by atoms with Crippen LogP contribution in [0.4, 0.5) is 23.7 Å². The first-order valence-corrected chi connectivity index (χ1v) is 42.5. The van der Waals surface area contributed by atoms with E-state index < -0.39 is 83.7 Å². The van der Waals surface area contributed by atoms with E-state index in [4.69, 9.17) is 59.4 Å². The van der Waals surface area contributed by atoms with Crippen LogP contribution in [0, 0.1) is 35.5 Å². The Morgan fingerprint density at radius 3 is 2.25 bits per heavy atom. The second kappa shape index (κ2) is 41.9. The summed E-state index contributed by atoms with van der Waals surface area (Å²) in [6.07, 6.45) is 22.5. The number of Topliss-reactive ketones (excluding diaryl/α,β-unsaturated/α-hetero) is 3. The second-order valence-corrected chi connectivity index (χ2v) is 33.1. The number of methoxy groups -OCH3 is 3. The van der Waals surface area contributed by atoms with Gasteiger partial charge in [-0.3, -0.25) is 28.8 Å². The van der Waals surface area contributed by atoms with Gasteiger partial charge in [0, 0.05) is 147 Å². The third-order valence-electron chi connectivity index (χ3n) is 24.4. The first-order valence-electron chi connectivity index (χ1n) is 42.5. The summed E-state index contributed by atoms with van der Waals surface area (Å²) in [6.45, 7) is 16.6. The highest BCUT2D eigenvalue weighted by molar-refractivity contribution is 6.39. The zero-order valence-electron chi connectivity index (χ0n) is 71.4. The zero-order valence-corrected chi connectivity index (χ0v) is 71.4. The molecule has 10 heterocycles. The van der Waals surface area contributed by atoms with Gasteiger partial charge in [0.05, 0.1) is 54.7 Å². The number of carbonyl (C=O) groups excluding carboxylic acids is 7. The molecule has 4 aliphatic heterocycles. The first-order chi connectivity index (χ1) is 58.7. The normalized spacial score (nSPS) is 27.8. The number of piperazine rings is 1. The molecule has 8 N–H and O–H groups in total. The van der Waals surface area contributed by atoms with E-state index in [1.54, 1.807) is 64.2 Å².